The van der Waals surface area contributed by atoms with E-state index in [1.165, 1.54) is 0 Å². The fraction of sp³-hybridized carbons (Fsp3) is 0.429. The number of nitrogens with two attached hydrogens (primary N) is 2. The van der Waals surface area contributed by atoms with Crippen LogP contribution in [0.4, 0.5) is 0 Å². The van der Waals surface area contributed by atoms with Crippen LogP contribution in [0.1, 0.15) is 116 Å². The Labute approximate surface area is 366 Å². The number of aromatic hydroxyl groups is 2. The van der Waals surface area contributed by atoms with Gasteiger partial charge in [-0.2, -0.15) is 0 Å². The number of allylic oxidation sites excluding steroid dienone is 5. The van der Waals surface area contributed by atoms with Crippen LogP contribution in [0.15, 0.2) is 89.3 Å². The number of fused-ring (bicyclic) bond motifs is 9. The van der Waals surface area contributed by atoms with Gasteiger partial charge in [0.1, 0.15) is 5.75 Å². The van der Waals surface area contributed by atoms with E-state index in [1.54, 1.807) is 71.1 Å². The molecule has 3 aromatic rings. The molecular formula is C49H56N3O7S2-. The van der Waals surface area contributed by atoms with Gasteiger partial charge in [0, 0.05) is 47.6 Å². The predicted octanol–water partition coefficient (Wildman–Crippen LogP) is 7.15. The molecule has 8 bridgehead atoms. The molecule has 0 saturated heterocycles. The number of hydrogen-bond acceptors (Lipinski definition) is 12. The number of aliphatic imine (C=N–C) groups is 1. The summed E-state index contributed by atoms with van der Waals surface area (Å²) in [6.07, 6.45) is 11.5. The highest BCUT2D eigenvalue weighted by molar-refractivity contribution is 8.76. The number of phenolic OH excluding ortho intramolecular Hbond substituents is 2. The highest BCUT2D eigenvalue weighted by Crippen LogP contribution is 2.49. The summed E-state index contributed by atoms with van der Waals surface area (Å²) < 4.78 is 6.11. The fourth-order valence-electron chi connectivity index (χ4n) is 9.02. The summed E-state index contributed by atoms with van der Waals surface area (Å²) in [4.78, 5) is 17.8. The number of nitrogens with zero attached hydrogens (tertiary/aromatic N) is 1. The first-order valence-corrected chi connectivity index (χ1v) is 23.8. The van der Waals surface area contributed by atoms with Gasteiger partial charge in [-0.1, -0.05) is 76.6 Å². The first kappa shape index (κ1) is 44.6. The molecule has 12 heteroatoms. The van der Waals surface area contributed by atoms with Crippen molar-refractivity contribution in [1.29, 1.82) is 0 Å². The first-order chi connectivity index (χ1) is 29.4. The lowest BCUT2D eigenvalue weighted by Gasteiger charge is -2.28. The number of unbranched alkanes of at least 4 members (excludes halogenated alkanes) is 1. The summed E-state index contributed by atoms with van der Waals surface area (Å²) in [5.41, 5.74) is 19.0. The zero-order valence-electron chi connectivity index (χ0n) is 34.6. The van der Waals surface area contributed by atoms with Gasteiger partial charge in [-0.25, -0.2) is 0 Å². The molecule has 5 unspecified atom stereocenters. The second kappa shape index (κ2) is 20.1. The van der Waals surface area contributed by atoms with Gasteiger partial charge >= 0.3 is 0 Å². The Balaban J connectivity index is 1.26. The molecule has 0 aromatic heterocycles. The number of aryl methyl sites for hydroxylation is 1. The van der Waals surface area contributed by atoms with Crippen LogP contribution < -0.4 is 21.3 Å². The lowest BCUT2D eigenvalue weighted by atomic mass is 9.79. The van der Waals surface area contributed by atoms with E-state index >= 15 is 0 Å². The molecule has 2 aliphatic heterocycles. The van der Waals surface area contributed by atoms with Gasteiger partial charge in [0.05, 0.1) is 37.1 Å². The van der Waals surface area contributed by atoms with Crippen molar-refractivity contribution < 1.29 is 35.1 Å². The Hall–Kier alpha value is -4.48. The number of aliphatic hydroxyl groups excluding tert-OH is 2. The molecule has 7 rings (SSSR count). The third-order valence-electron chi connectivity index (χ3n) is 12.4. The molecule has 0 radical (unpaired) electrons. The summed E-state index contributed by atoms with van der Waals surface area (Å²) in [5, 5.41) is 57.7. The maximum Gasteiger partial charge on any atom is 0.161 e. The Bertz CT molecular complexity index is 2290. The van der Waals surface area contributed by atoms with Gasteiger partial charge in [-0.3, -0.25) is 9.79 Å². The zero-order chi connectivity index (χ0) is 43.1. The highest BCUT2D eigenvalue weighted by atomic mass is 33.1. The highest BCUT2D eigenvalue weighted by Gasteiger charge is 2.42. The Morgan fingerprint density at radius 3 is 2.59 bits per heavy atom. The minimum atomic E-state index is -0.792. The first-order valence-electron chi connectivity index (χ1n) is 21.3. The number of hydrogen-bond donors (Lipinski definition) is 6. The van der Waals surface area contributed by atoms with Crippen LogP contribution in [0.5, 0.6) is 17.2 Å². The van der Waals surface area contributed by atoms with Gasteiger partial charge in [0.25, 0.3) is 0 Å². The summed E-state index contributed by atoms with van der Waals surface area (Å²) in [7, 11) is 3.33. The topological polar surface area (TPSA) is 195 Å². The third-order valence-corrected chi connectivity index (χ3v) is 14.8. The fourth-order valence-corrected chi connectivity index (χ4v) is 11.5. The molecule has 2 heterocycles. The van der Waals surface area contributed by atoms with E-state index in [4.69, 9.17) is 16.2 Å². The van der Waals surface area contributed by atoms with Gasteiger partial charge < -0.3 is 41.7 Å². The van der Waals surface area contributed by atoms with Crippen molar-refractivity contribution in [2.24, 2.45) is 27.8 Å². The summed E-state index contributed by atoms with van der Waals surface area (Å²) >= 11 is 0. The Kier molecular flexibility index (Phi) is 14.7. The van der Waals surface area contributed by atoms with Crippen molar-refractivity contribution in [3.8, 4) is 29.1 Å². The lowest BCUT2D eigenvalue weighted by Crippen LogP contribution is -2.23. The van der Waals surface area contributed by atoms with Crippen molar-refractivity contribution in [2.45, 2.75) is 108 Å². The van der Waals surface area contributed by atoms with Gasteiger partial charge in [-0.05, 0) is 127 Å². The molecular weight excluding hydrogens is 807 g/mol. The average Bonchev–Trinajstić information content (AvgIpc) is 3.83. The van der Waals surface area contributed by atoms with E-state index < -0.39 is 18.2 Å². The van der Waals surface area contributed by atoms with E-state index in [2.05, 4.69) is 16.8 Å². The standard InChI is InChI=1S/C49H57N3O7S2/c1-30(53)5-2-3-17-49-18-14-36(54)11-8-31-10-13-44(56)47(22-31)59-20-16-32-9-12-43(55)41(21-32)40-25-45(57)37-15-19-52-42(37)7-4-6-33-23-39(48(50)51)34(24-38(33)40)28-60-61-29-35(26-49)46(58)27-49/h9-10,12-15,18-19,21-24,30,35,40,46,48,53,55-58H,2-3,5,7-8,11,16-17,20,25-29,50-51H2,1H3/p-1. The van der Waals surface area contributed by atoms with Crippen molar-refractivity contribution in [1.82, 2.24) is 0 Å². The Morgan fingerprint density at radius 2 is 1.79 bits per heavy atom. The quantitative estimate of drug-likeness (QED) is 0.0638. The van der Waals surface area contributed by atoms with E-state index in [9.17, 15) is 30.3 Å². The number of carbonyl (C=O) groups excluding carboxylic acids is 1. The second-order valence-electron chi connectivity index (χ2n) is 17.0. The summed E-state index contributed by atoms with van der Waals surface area (Å²) in [6, 6.07) is 14.5. The maximum absolute atomic E-state index is 14.1. The minimum absolute atomic E-state index is 0.00537. The monoisotopic (exact) mass is 862 g/mol. The predicted molar refractivity (Wildman–Crippen MR) is 242 cm³/mol. The summed E-state index contributed by atoms with van der Waals surface area (Å²) in [5.74, 6) is 7.50. The van der Waals surface area contributed by atoms with E-state index in [0.717, 1.165) is 53.5 Å². The lowest BCUT2D eigenvalue weighted by molar-refractivity contribution is -0.307. The zero-order valence-corrected chi connectivity index (χ0v) is 36.3. The van der Waals surface area contributed by atoms with Crippen LogP contribution in [0.3, 0.4) is 0 Å². The number of ether oxygens (including phenoxy) is 1. The van der Waals surface area contributed by atoms with Crippen molar-refractivity contribution in [3.63, 3.8) is 0 Å². The number of carbonyl (C=O) groups is 1. The van der Waals surface area contributed by atoms with E-state index in [0.29, 0.717) is 71.8 Å². The number of phenols is 2. The number of benzene rings is 3. The molecule has 10 nitrogen and oxygen atoms in total. The molecule has 4 aliphatic rings. The van der Waals surface area contributed by atoms with Gasteiger partial charge in [0.2, 0.25) is 0 Å². The van der Waals surface area contributed by atoms with Gasteiger partial charge in [-0.15, -0.1) is 5.76 Å². The van der Waals surface area contributed by atoms with Crippen LogP contribution in [0.25, 0.3) is 0 Å². The molecule has 2 aliphatic carbocycles. The molecule has 3 aromatic carbocycles. The molecule has 1 saturated carbocycles. The Morgan fingerprint density at radius 1 is 0.984 bits per heavy atom. The van der Waals surface area contributed by atoms with Gasteiger partial charge in [0.15, 0.2) is 17.3 Å². The number of aliphatic hydroxyl groups is 2. The van der Waals surface area contributed by atoms with E-state index in [1.807, 2.05) is 30.3 Å². The average molecular weight is 863 g/mol. The molecule has 8 N–H and O–H groups in total. The largest absolute Gasteiger partial charge is 0.875 e. The van der Waals surface area contributed by atoms with Crippen LogP contribution in [-0.4, -0.2) is 56.5 Å². The number of ketones is 1. The maximum atomic E-state index is 14.1. The van der Waals surface area contributed by atoms with Crippen LogP contribution in [0.2, 0.25) is 0 Å². The second-order valence-corrected chi connectivity index (χ2v) is 19.5. The van der Waals surface area contributed by atoms with Crippen molar-refractivity contribution >= 4 is 33.1 Å². The smallest absolute Gasteiger partial charge is 0.161 e. The van der Waals surface area contributed by atoms with Crippen LogP contribution in [0, 0.1) is 23.2 Å². The SMILES string of the molecule is CC(O)CCCCC12C=CC(=O)CCc3ccc(O)c(c3)OCCc3ccc(O)c(c3)C3CC([O-])=C4C=CN=C4CC#Cc4cc(C(N)N)c(cc43)CSSCC(C1)C(O)C2. The van der Waals surface area contributed by atoms with Crippen molar-refractivity contribution in [3.05, 3.63) is 123 Å². The molecule has 322 valence electrons. The van der Waals surface area contributed by atoms with E-state index in [-0.39, 0.29) is 59.9 Å². The minimum Gasteiger partial charge on any atom is -0.875 e. The van der Waals surface area contributed by atoms with Crippen molar-refractivity contribution in [2.75, 3.05) is 12.4 Å². The molecule has 1 fully saturated rings. The number of rotatable bonds is 6. The molecule has 61 heavy (non-hydrogen) atoms. The van der Waals surface area contributed by atoms with Crippen LogP contribution in [-0.2, 0) is 23.4 Å². The third kappa shape index (κ3) is 11.1. The normalized spacial score (nSPS) is 23.9. The molecule has 0 spiro atoms. The van der Waals surface area contributed by atoms with Crippen LogP contribution >= 0.6 is 21.6 Å². The molecule has 0 amide bonds. The summed E-state index contributed by atoms with van der Waals surface area (Å²) in [6.45, 7) is 2.02. The molecule has 5 atom stereocenters.